The van der Waals surface area contributed by atoms with E-state index in [2.05, 4.69) is 53.0 Å². The number of hydrogen-bond donors (Lipinski definition) is 2. The number of unbranched alkanes of at least 4 members (excludes halogenated alkanes) is 4. The molecule has 0 aromatic carbocycles. The van der Waals surface area contributed by atoms with Crippen LogP contribution >= 0.6 is 25.3 Å². The normalized spacial score (nSPS) is 10.1. The van der Waals surface area contributed by atoms with E-state index in [0.717, 1.165) is 37.5 Å². The van der Waals surface area contributed by atoms with Crippen molar-refractivity contribution in [3.63, 3.8) is 0 Å². The molecule has 7 heteroatoms. The van der Waals surface area contributed by atoms with Crippen molar-refractivity contribution in [2.45, 2.75) is 79.1 Å². The molecule has 0 heterocycles. The maximum Gasteiger partial charge on any atom is 2.00 e. The first-order chi connectivity index (χ1) is 12.3. The fourth-order valence-electron chi connectivity index (χ4n) is 2.13. The van der Waals surface area contributed by atoms with E-state index in [-0.39, 0.29) is 64.0 Å². The van der Waals surface area contributed by atoms with Gasteiger partial charge in [-0.1, -0.05) is 66.2 Å². The van der Waals surface area contributed by atoms with Gasteiger partial charge in [0, 0.05) is 0 Å². The molecule has 0 aromatic rings. The van der Waals surface area contributed by atoms with Gasteiger partial charge in [0.1, 0.15) is 0 Å². The maximum atomic E-state index is 10.7. The summed E-state index contributed by atoms with van der Waals surface area (Å²) in [6, 6.07) is 0. The van der Waals surface area contributed by atoms with E-state index in [1.54, 1.807) is 0 Å². The van der Waals surface area contributed by atoms with Crippen molar-refractivity contribution in [3.8, 4) is 0 Å². The topological polar surface area (TPSA) is 52.6 Å². The minimum atomic E-state index is -0.216. The maximum absolute atomic E-state index is 10.7. The Morgan fingerprint density at radius 2 is 1.04 bits per heavy atom. The SMILES string of the molecule is CC(C)CCCCCOC(=O)CS.CC(C)CCCCCOC(=O)CS.[Ca+2].[H-].[H-]. The molecule has 0 radical (unpaired) electrons. The van der Waals surface area contributed by atoms with Crippen LogP contribution in [0.25, 0.3) is 0 Å². The van der Waals surface area contributed by atoms with E-state index in [0.29, 0.717) is 13.2 Å². The first-order valence-corrected chi connectivity index (χ1v) is 11.1. The summed E-state index contributed by atoms with van der Waals surface area (Å²) in [4.78, 5) is 21.3. The predicted molar refractivity (Wildman–Crippen MR) is 124 cm³/mol. The molecule has 0 aliphatic rings. The van der Waals surface area contributed by atoms with Crippen molar-refractivity contribution < 1.29 is 21.9 Å². The molecule has 0 atom stereocenters. The number of thiol groups is 2. The summed E-state index contributed by atoms with van der Waals surface area (Å²) in [6.45, 7) is 10.00. The quantitative estimate of drug-likeness (QED) is 0.165. The van der Waals surface area contributed by atoms with Crippen LogP contribution in [0.15, 0.2) is 0 Å². The summed E-state index contributed by atoms with van der Waals surface area (Å²) < 4.78 is 9.77. The molecule has 0 saturated heterocycles. The van der Waals surface area contributed by atoms with Crippen LogP contribution in [-0.4, -0.2) is 74.4 Å². The Morgan fingerprint density at radius 1 is 0.704 bits per heavy atom. The summed E-state index contributed by atoms with van der Waals surface area (Å²) in [6.07, 6.45) is 9.25. The van der Waals surface area contributed by atoms with Gasteiger partial charge in [-0.15, -0.1) is 0 Å². The minimum Gasteiger partial charge on any atom is -1.00 e. The van der Waals surface area contributed by atoms with Gasteiger partial charge in [0.25, 0.3) is 0 Å². The summed E-state index contributed by atoms with van der Waals surface area (Å²) in [5.41, 5.74) is 0. The molecule has 0 bridgehead atoms. The molecule has 0 rings (SSSR count). The Kier molecular flexibility index (Phi) is 30.1. The van der Waals surface area contributed by atoms with Crippen molar-refractivity contribution in [2.75, 3.05) is 24.7 Å². The van der Waals surface area contributed by atoms with Crippen LogP contribution in [-0.2, 0) is 19.1 Å². The summed E-state index contributed by atoms with van der Waals surface area (Å²) in [7, 11) is 0. The average molecular weight is 451 g/mol. The van der Waals surface area contributed by atoms with Gasteiger partial charge in [0.15, 0.2) is 0 Å². The van der Waals surface area contributed by atoms with Crippen molar-refractivity contribution in [2.24, 2.45) is 11.8 Å². The van der Waals surface area contributed by atoms with Crippen LogP contribution in [0.2, 0.25) is 0 Å². The molecule has 0 unspecified atom stereocenters. The second-order valence-corrected chi connectivity index (χ2v) is 7.88. The summed E-state index contributed by atoms with van der Waals surface area (Å²) >= 11 is 7.62. The van der Waals surface area contributed by atoms with Crippen LogP contribution in [0.1, 0.15) is 81.9 Å². The zero-order chi connectivity index (χ0) is 20.2. The molecule has 0 N–H and O–H groups in total. The number of hydrogen-bond acceptors (Lipinski definition) is 6. The van der Waals surface area contributed by atoms with Gasteiger partial charge < -0.3 is 12.3 Å². The monoisotopic (exact) mass is 450 g/mol. The third-order valence-electron chi connectivity index (χ3n) is 3.64. The van der Waals surface area contributed by atoms with E-state index in [1.807, 2.05) is 0 Å². The fraction of sp³-hybridized carbons (Fsp3) is 0.900. The Labute approximate surface area is 211 Å². The number of ether oxygens (including phenoxy) is 2. The number of esters is 2. The van der Waals surface area contributed by atoms with Crippen molar-refractivity contribution in [3.05, 3.63) is 0 Å². The number of rotatable bonds is 14. The first kappa shape index (κ1) is 32.6. The smallest absolute Gasteiger partial charge is 1.00 e. The molecular formula is C20H42CaO4S2. The molecule has 27 heavy (non-hydrogen) atoms. The van der Waals surface area contributed by atoms with Crippen LogP contribution < -0.4 is 0 Å². The van der Waals surface area contributed by atoms with E-state index < -0.39 is 0 Å². The van der Waals surface area contributed by atoms with Gasteiger partial charge in [0.05, 0.1) is 24.7 Å². The van der Waals surface area contributed by atoms with Crippen LogP contribution in [0, 0.1) is 11.8 Å². The zero-order valence-corrected chi connectivity index (χ0v) is 21.9. The van der Waals surface area contributed by atoms with E-state index in [4.69, 9.17) is 9.47 Å². The second kappa shape index (κ2) is 24.9. The molecule has 160 valence electrons. The van der Waals surface area contributed by atoms with E-state index >= 15 is 0 Å². The Bertz CT molecular complexity index is 318. The van der Waals surface area contributed by atoms with Gasteiger partial charge in [-0.3, -0.25) is 9.59 Å². The molecule has 0 amide bonds. The van der Waals surface area contributed by atoms with Crippen LogP contribution in [0.3, 0.4) is 0 Å². The Hall–Kier alpha value is 0.900. The molecule has 0 spiro atoms. The van der Waals surface area contributed by atoms with Crippen molar-refractivity contribution in [1.29, 1.82) is 0 Å². The van der Waals surface area contributed by atoms with Gasteiger partial charge in [0.2, 0.25) is 0 Å². The van der Waals surface area contributed by atoms with E-state index in [1.165, 1.54) is 25.7 Å². The zero-order valence-electron chi connectivity index (χ0n) is 19.9. The van der Waals surface area contributed by atoms with Gasteiger partial charge >= 0.3 is 49.7 Å². The van der Waals surface area contributed by atoms with Crippen molar-refractivity contribution >= 4 is 74.9 Å². The Morgan fingerprint density at radius 3 is 1.30 bits per heavy atom. The summed E-state index contributed by atoms with van der Waals surface area (Å²) in [5.74, 6) is 1.50. The van der Waals surface area contributed by atoms with Gasteiger partial charge in [-0.05, 0) is 24.7 Å². The van der Waals surface area contributed by atoms with Gasteiger partial charge in [-0.25, -0.2) is 0 Å². The predicted octanol–water partition coefficient (Wildman–Crippen LogP) is 5.20. The third-order valence-corrected chi connectivity index (χ3v) is 4.15. The molecule has 0 aromatic heterocycles. The van der Waals surface area contributed by atoms with Crippen LogP contribution in [0.4, 0.5) is 0 Å². The number of carbonyl (C=O) groups excluding carboxylic acids is 2. The first-order valence-electron chi connectivity index (χ1n) is 9.86. The molecule has 4 nitrogen and oxygen atoms in total. The minimum absolute atomic E-state index is 0. The average Bonchev–Trinajstić information content (AvgIpc) is 2.60. The molecule has 0 saturated carbocycles. The third kappa shape index (κ3) is 31.8. The standard InChI is InChI=1S/2C10H20O2S.Ca.2H/c2*1-9(2)6-4-3-5-7-12-10(11)8-13;;;/h2*9,13H,3-8H2,1-2H3;;;/q;;+2;2*-1. The molecule has 0 fully saturated rings. The Balaban J connectivity index is -0.000000120. The fourth-order valence-corrected chi connectivity index (χ4v) is 2.31. The molecular weight excluding hydrogens is 408 g/mol. The summed E-state index contributed by atoms with van der Waals surface area (Å²) in [5, 5.41) is 0. The van der Waals surface area contributed by atoms with Gasteiger partial charge in [-0.2, -0.15) is 25.3 Å². The van der Waals surface area contributed by atoms with E-state index in [9.17, 15) is 9.59 Å². The molecule has 0 aliphatic carbocycles. The largest absolute Gasteiger partial charge is 2.00 e. The van der Waals surface area contributed by atoms with Crippen LogP contribution in [0.5, 0.6) is 0 Å². The molecule has 0 aliphatic heterocycles. The number of carbonyl (C=O) groups is 2. The second-order valence-electron chi connectivity index (χ2n) is 7.24. The van der Waals surface area contributed by atoms with Crippen molar-refractivity contribution in [1.82, 2.24) is 0 Å².